The zero-order valence-corrected chi connectivity index (χ0v) is 15.4. The van der Waals surface area contributed by atoms with E-state index in [2.05, 4.69) is 95.9 Å². The molecule has 5 aromatic rings. The van der Waals surface area contributed by atoms with E-state index in [0.717, 1.165) is 22.7 Å². The standard InChI is InChI=1S/C26H20N2/c27-23-11-14-25(15-12-23)28(24-8-2-1-3-9-24)26-13-10-21-16-19-6-4-5-7-20(19)17-22(21)18-26/h1-18H,27H2. The highest BCUT2D eigenvalue weighted by atomic mass is 15.1. The summed E-state index contributed by atoms with van der Waals surface area (Å²) in [7, 11) is 0. The topological polar surface area (TPSA) is 29.3 Å². The Labute approximate surface area is 164 Å². The predicted octanol–water partition coefficient (Wildman–Crippen LogP) is 7.05. The lowest BCUT2D eigenvalue weighted by Gasteiger charge is -2.26. The van der Waals surface area contributed by atoms with Crippen molar-refractivity contribution in [3.05, 3.63) is 109 Å². The summed E-state index contributed by atoms with van der Waals surface area (Å²) in [4.78, 5) is 2.26. The third kappa shape index (κ3) is 2.95. The van der Waals surface area contributed by atoms with E-state index in [1.165, 1.54) is 21.5 Å². The maximum absolute atomic E-state index is 5.91. The van der Waals surface area contributed by atoms with Gasteiger partial charge in [0.15, 0.2) is 0 Å². The summed E-state index contributed by atoms with van der Waals surface area (Å²) < 4.78 is 0. The summed E-state index contributed by atoms with van der Waals surface area (Å²) in [6, 6.07) is 38.1. The van der Waals surface area contributed by atoms with Crippen LogP contribution in [0.15, 0.2) is 109 Å². The lowest BCUT2D eigenvalue weighted by molar-refractivity contribution is 1.29. The van der Waals surface area contributed by atoms with Crippen molar-refractivity contribution in [2.45, 2.75) is 0 Å². The number of fused-ring (bicyclic) bond motifs is 2. The monoisotopic (exact) mass is 360 g/mol. The van der Waals surface area contributed by atoms with Crippen LogP contribution in [0.4, 0.5) is 22.7 Å². The molecule has 0 saturated carbocycles. The van der Waals surface area contributed by atoms with Crippen LogP contribution in [0.3, 0.4) is 0 Å². The van der Waals surface area contributed by atoms with Crippen LogP contribution < -0.4 is 10.6 Å². The molecule has 28 heavy (non-hydrogen) atoms. The summed E-state index contributed by atoms with van der Waals surface area (Å²) >= 11 is 0. The maximum Gasteiger partial charge on any atom is 0.0468 e. The normalized spacial score (nSPS) is 11.0. The zero-order valence-electron chi connectivity index (χ0n) is 15.4. The molecular weight excluding hydrogens is 340 g/mol. The number of hydrogen-bond acceptors (Lipinski definition) is 2. The van der Waals surface area contributed by atoms with Gasteiger partial charge in [-0.2, -0.15) is 0 Å². The molecule has 0 unspecified atom stereocenters. The molecule has 0 amide bonds. The van der Waals surface area contributed by atoms with Gasteiger partial charge in [-0.1, -0.05) is 48.5 Å². The van der Waals surface area contributed by atoms with Gasteiger partial charge in [0, 0.05) is 22.7 Å². The number of hydrogen-bond donors (Lipinski definition) is 1. The van der Waals surface area contributed by atoms with Crippen molar-refractivity contribution in [2.24, 2.45) is 0 Å². The van der Waals surface area contributed by atoms with Crippen LogP contribution in [0.2, 0.25) is 0 Å². The van der Waals surface area contributed by atoms with Gasteiger partial charge in [0.2, 0.25) is 0 Å². The van der Waals surface area contributed by atoms with E-state index in [1.54, 1.807) is 0 Å². The van der Waals surface area contributed by atoms with Gasteiger partial charge >= 0.3 is 0 Å². The van der Waals surface area contributed by atoms with Gasteiger partial charge in [-0.3, -0.25) is 0 Å². The van der Waals surface area contributed by atoms with Crippen LogP contribution >= 0.6 is 0 Å². The van der Waals surface area contributed by atoms with E-state index < -0.39 is 0 Å². The first kappa shape index (κ1) is 16.4. The molecule has 5 aromatic carbocycles. The number of rotatable bonds is 3. The molecule has 0 aliphatic rings. The highest BCUT2D eigenvalue weighted by Crippen LogP contribution is 2.36. The molecule has 0 aliphatic heterocycles. The molecule has 2 heteroatoms. The highest BCUT2D eigenvalue weighted by molar-refractivity contribution is 6.00. The van der Waals surface area contributed by atoms with Crippen molar-refractivity contribution in [1.82, 2.24) is 0 Å². The first-order valence-corrected chi connectivity index (χ1v) is 9.41. The Morgan fingerprint density at radius 3 is 1.68 bits per heavy atom. The van der Waals surface area contributed by atoms with Crippen molar-refractivity contribution in [3.63, 3.8) is 0 Å². The van der Waals surface area contributed by atoms with Gasteiger partial charge in [-0.15, -0.1) is 0 Å². The predicted molar refractivity (Wildman–Crippen MR) is 121 cm³/mol. The quantitative estimate of drug-likeness (QED) is 0.276. The van der Waals surface area contributed by atoms with Crippen molar-refractivity contribution < 1.29 is 0 Å². The Morgan fingerprint density at radius 1 is 0.429 bits per heavy atom. The Kier molecular flexibility index (Phi) is 3.95. The summed E-state index contributed by atoms with van der Waals surface area (Å²) in [5.74, 6) is 0. The Balaban J connectivity index is 1.70. The molecule has 0 bridgehead atoms. The highest BCUT2D eigenvalue weighted by Gasteiger charge is 2.12. The van der Waals surface area contributed by atoms with Crippen LogP contribution in [-0.2, 0) is 0 Å². The fourth-order valence-corrected chi connectivity index (χ4v) is 3.71. The largest absolute Gasteiger partial charge is 0.399 e. The Morgan fingerprint density at radius 2 is 0.964 bits per heavy atom. The van der Waals surface area contributed by atoms with Crippen molar-refractivity contribution in [1.29, 1.82) is 0 Å². The molecule has 0 atom stereocenters. The van der Waals surface area contributed by atoms with Crippen molar-refractivity contribution >= 4 is 44.3 Å². The van der Waals surface area contributed by atoms with Crippen molar-refractivity contribution in [3.8, 4) is 0 Å². The summed E-state index contributed by atoms with van der Waals surface area (Å²) in [5, 5.41) is 4.99. The van der Waals surface area contributed by atoms with Crippen LogP contribution in [0, 0.1) is 0 Å². The smallest absolute Gasteiger partial charge is 0.0468 e. The average molecular weight is 360 g/mol. The molecule has 0 aromatic heterocycles. The number of nitrogen functional groups attached to an aromatic ring is 1. The van der Waals surface area contributed by atoms with Crippen molar-refractivity contribution in [2.75, 3.05) is 10.6 Å². The molecule has 134 valence electrons. The van der Waals surface area contributed by atoms with E-state index in [1.807, 2.05) is 18.2 Å². The molecule has 2 N–H and O–H groups in total. The third-order valence-corrected chi connectivity index (χ3v) is 5.11. The van der Waals surface area contributed by atoms with Gasteiger partial charge in [-0.05, 0) is 82.2 Å². The fraction of sp³-hybridized carbons (Fsp3) is 0. The lowest BCUT2D eigenvalue weighted by atomic mass is 10.0. The number of benzene rings is 5. The van der Waals surface area contributed by atoms with E-state index in [4.69, 9.17) is 5.73 Å². The summed E-state index contributed by atoms with van der Waals surface area (Å²) in [6.07, 6.45) is 0. The van der Waals surface area contributed by atoms with E-state index in [9.17, 15) is 0 Å². The maximum atomic E-state index is 5.91. The van der Waals surface area contributed by atoms with Crippen LogP contribution in [0.1, 0.15) is 0 Å². The van der Waals surface area contributed by atoms with E-state index in [0.29, 0.717) is 0 Å². The van der Waals surface area contributed by atoms with E-state index >= 15 is 0 Å². The first-order valence-electron chi connectivity index (χ1n) is 9.41. The number of nitrogens with zero attached hydrogens (tertiary/aromatic N) is 1. The van der Waals surface area contributed by atoms with Gasteiger partial charge in [0.05, 0.1) is 0 Å². The molecule has 5 rings (SSSR count). The number of nitrogens with two attached hydrogens (primary N) is 1. The zero-order chi connectivity index (χ0) is 18.9. The van der Waals surface area contributed by atoms with Gasteiger partial charge < -0.3 is 10.6 Å². The third-order valence-electron chi connectivity index (χ3n) is 5.11. The minimum atomic E-state index is 0.766. The van der Waals surface area contributed by atoms with Gasteiger partial charge in [0.1, 0.15) is 0 Å². The molecule has 0 aliphatic carbocycles. The molecule has 0 heterocycles. The Hall–Kier alpha value is -3.78. The first-order chi connectivity index (χ1) is 13.8. The molecule has 0 fully saturated rings. The molecule has 0 spiro atoms. The average Bonchev–Trinajstić information content (AvgIpc) is 2.74. The molecule has 0 saturated heterocycles. The van der Waals surface area contributed by atoms with Crippen LogP contribution in [0.5, 0.6) is 0 Å². The SMILES string of the molecule is Nc1ccc(N(c2ccccc2)c2ccc3cc4ccccc4cc3c2)cc1. The summed E-state index contributed by atoms with van der Waals surface area (Å²) in [6.45, 7) is 0. The van der Waals surface area contributed by atoms with Crippen LogP contribution in [-0.4, -0.2) is 0 Å². The second kappa shape index (κ2) is 6.75. The minimum absolute atomic E-state index is 0.766. The minimum Gasteiger partial charge on any atom is -0.399 e. The Bertz CT molecular complexity index is 1260. The lowest BCUT2D eigenvalue weighted by Crippen LogP contribution is -2.09. The summed E-state index contributed by atoms with van der Waals surface area (Å²) in [5.41, 5.74) is 10.0. The number of para-hydroxylation sites is 1. The van der Waals surface area contributed by atoms with Crippen LogP contribution in [0.25, 0.3) is 21.5 Å². The molecule has 2 nitrogen and oxygen atoms in total. The fourth-order valence-electron chi connectivity index (χ4n) is 3.71. The molecular formula is C26H20N2. The van der Waals surface area contributed by atoms with Gasteiger partial charge in [0.25, 0.3) is 0 Å². The molecule has 0 radical (unpaired) electrons. The number of anilines is 4. The second-order valence-corrected chi connectivity index (χ2v) is 6.99. The van der Waals surface area contributed by atoms with E-state index in [-0.39, 0.29) is 0 Å². The van der Waals surface area contributed by atoms with Gasteiger partial charge in [-0.25, -0.2) is 0 Å². The second-order valence-electron chi connectivity index (χ2n) is 6.99.